The summed E-state index contributed by atoms with van der Waals surface area (Å²) in [5, 5.41) is 0. The van der Waals surface area contributed by atoms with Crippen molar-refractivity contribution in [1.29, 1.82) is 0 Å². The van der Waals surface area contributed by atoms with Gasteiger partial charge in [-0.3, -0.25) is 9.69 Å². The normalized spacial score (nSPS) is 15.6. The van der Waals surface area contributed by atoms with Crippen LogP contribution in [0.4, 0.5) is 22.0 Å². The van der Waals surface area contributed by atoms with Crippen molar-refractivity contribution in [1.82, 2.24) is 9.80 Å². The van der Waals surface area contributed by atoms with E-state index in [9.17, 15) is 26.7 Å². The number of piperazine rings is 1. The molecule has 156 valence electrons. The maximum Gasteiger partial charge on any atom is 0.416 e. The second-order valence-corrected chi connectivity index (χ2v) is 6.64. The molecule has 0 bridgehead atoms. The molecular weight excluding hydrogens is 395 g/mol. The molecule has 3 rings (SSSR count). The number of hydrogen-bond donors (Lipinski definition) is 0. The molecule has 0 radical (unpaired) electrons. The number of rotatable bonds is 5. The fourth-order valence-electron chi connectivity index (χ4n) is 3.18. The van der Waals surface area contributed by atoms with Crippen LogP contribution in [-0.2, 0) is 12.7 Å². The summed E-state index contributed by atoms with van der Waals surface area (Å²) in [7, 11) is 0. The van der Waals surface area contributed by atoms with E-state index in [2.05, 4.69) is 4.74 Å². The molecule has 9 heteroatoms. The molecule has 1 saturated heterocycles. The van der Waals surface area contributed by atoms with Crippen molar-refractivity contribution in [3.63, 3.8) is 0 Å². The standard InChI is InChI=1S/C20H19F5N2O2/c21-19(22)29-17-4-2-1-3-16(17)18(28)27-11-9-26(10-12-27)13-14-5-7-15(8-6-14)20(23,24)25/h1-8,19H,9-13H2. The summed E-state index contributed by atoms with van der Waals surface area (Å²) in [6, 6.07) is 10.8. The molecule has 0 unspecified atom stereocenters. The first kappa shape index (κ1) is 21.0. The SMILES string of the molecule is O=C(c1ccccc1OC(F)F)N1CCN(Cc2ccc(C(F)(F)F)cc2)CC1. The molecule has 1 aliphatic heterocycles. The fraction of sp³-hybridized carbons (Fsp3) is 0.350. The van der Waals surface area contributed by atoms with Gasteiger partial charge in [-0.15, -0.1) is 0 Å². The number of benzene rings is 2. The molecular formula is C20H19F5N2O2. The predicted molar refractivity (Wildman–Crippen MR) is 95.7 cm³/mol. The number of carbonyl (C=O) groups excluding carboxylic acids is 1. The summed E-state index contributed by atoms with van der Waals surface area (Å²) < 4.78 is 67.4. The lowest BCUT2D eigenvalue weighted by Crippen LogP contribution is -2.48. The van der Waals surface area contributed by atoms with Gasteiger partial charge in [0.15, 0.2) is 0 Å². The number of halogens is 5. The van der Waals surface area contributed by atoms with Gasteiger partial charge in [-0.25, -0.2) is 0 Å². The summed E-state index contributed by atoms with van der Waals surface area (Å²) in [6.07, 6.45) is -4.37. The number of hydrogen-bond acceptors (Lipinski definition) is 3. The molecule has 2 aromatic rings. The number of ether oxygens (including phenoxy) is 1. The van der Waals surface area contributed by atoms with Crippen molar-refractivity contribution < 1.29 is 31.5 Å². The van der Waals surface area contributed by atoms with Gasteiger partial charge in [0.2, 0.25) is 0 Å². The van der Waals surface area contributed by atoms with E-state index in [0.29, 0.717) is 32.7 Å². The van der Waals surface area contributed by atoms with Crippen LogP contribution in [0.3, 0.4) is 0 Å². The minimum absolute atomic E-state index is 0.0731. The lowest BCUT2D eigenvalue weighted by Gasteiger charge is -2.35. The fourth-order valence-corrected chi connectivity index (χ4v) is 3.18. The lowest BCUT2D eigenvalue weighted by atomic mass is 10.1. The monoisotopic (exact) mass is 414 g/mol. The zero-order valence-corrected chi connectivity index (χ0v) is 15.3. The van der Waals surface area contributed by atoms with Gasteiger partial charge in [0.05, 0.1) is 11.1 Å². The number of amides is 1. The summed E-state index contributed by atoms with van der Waals surface area (Å²) in [6.45, 7) is -0.768. The highest BCUT2D eigenvalue weighted by molar-refractivity contribution is 5.97. The third-order valence-electron chi connectivity index (χ3n) is 4.68. The van der Waals surface area contributed by atoms with Crippen molar-refractivity contribution >= 4 is 5.91 Å². The van der Waals surface area contributed by atoms with E-state index in [1.54, 1.807) is 11.0 Å². The van der Waals surface area contributed by atoms with Gasteiger partial charge in [-0.2, -0.15) is 22.0 Å². The molecule has 2 aromatic carbocycles. The smallest absolute Gasteiger partial charge is 0.416 e. The Kier molecular flexibility index (Phi) is 6.36. The van der Waals surface area contributed by atoms with E-state index in [1.165, 1.54) is 30.3 Å². The van der Waals surface area contributed by atoms with Crippen LogP contribution in [0.5, 0.6) is 5.75 Å². The van der Waals surface area contributed by atoms with Crippen LogP contribution < -0.4 is 4.74 Å². The molecule has 0 aromatic heterocycles. The molecule has 1 fully saturated rings. The molecule has 0 aliphatic carbocycles. The van der Waals surface area contributed by atoms with Crippen LogP contribution in [0.1, 0.15) is 21.5 Å². The first-order valence-corrected chi connectivity index (χ1v) is 8.95. The molecule has 4 nitrogen and oxygen atoms in total. The van der Waals surface area contributed by atoms with E-state index in [0.717, 1.165) is 17.7 Å². The Morgan fingerprint density at radius 1 is 0.966 bits per heavy atom. The average Bonchev–Trinajstić information content (AvgIpc) is 2.68. The maximum atomic E-state index is 12.7. The van der Waals surface area contributed by atoms with Crippen molar-refractivity contribution in [2.45, 2.75) is 19.3 Å². The Morgan fingerprint density at radius 2 is 1.59 bits per heavy atom. The van der Waals surface area contributed by atoms with E-state index in [-0.39, 0.29) is 11.3 Å². The zero-order chi connectivity index (χ0) is 21.0. The van der Waals surface area contributed by atoms with Crippen LogP contribution >= 0.6 is 0 Å². The third-order valence-corrected chi connectivity index (χ3v) is 4.68. The summed E-state index contributed by atoms with van der Waals surface area (Å²) in [5.74, 6) is -0.560. The lowest BCUT2D eigenvalue weighted by molar-refractivity contribution is -0.137. The maximum absolute atomic E-state index is 12.7. The summed E-state index contributed by atoms with van der Waals surface area (Å²) >= 11 is 0. The Morgan fingerprint density at radius 3 is 2.17 bits per heavy atom. The second-order valence-electron chi connectivity index (χ2n) is 6.64. The van der Waals surface area contributed by atoms with Crippen LogP contribution in [0.15, 0.2) is 48.5 Å². The second kappa shape index (κ2) is 8.77. The van der Waals surface area contributed by atoms with Crippen LogP contribution in [0.25, 0.3) is 0 Å². The average molecular weight is 414 g/mol. The highest BCUT2D eigenvalue weighted by atomic mass is 19.4. The van der Waals surface area contributed by atoms with Crippen molar-refractivity contribution in [3.05, 3.63) is 65.2 Å². The van der Waals surface area contributed by atoms with Gasteiger partial charge in [-0.05, 0) is 29.8 Å². The highest BCUT2D eigenvalue weighted by Crippen LogP contribution is 2.29. The van der Waals surface area contributed by atoms with Crippen LogP contribution in [-0.4, -0.2) is 48.5 Å². The number of nitrogens with zero attached hydrogens (tertiary/aromatic N) is 2. The first-order chi connectivity index (χ1) is 13.7. The number of para-hydroxylation sites is 1. The van der Waals surface area contributed by atoms with E-state index in [4.69, 9.17) is 0 Å². The van der Waals surface area contributed by atoms with Crippen LogP contribution in [0, 0.1) is 0 Å². The van der Waals surface area contributed by atoms with E-state index >= 15 is 0 Å². The quantitative estimate of drug-likeness (QED) is 0.686. The van der Waals surface area contributed by atoms with Crippen molar-refractivity contribution in [2.24, 2.45) is 0 Å². The highest BCUT2D eigenvalue weighted by Gasteiger charge is 2.30. The third kappa shape index (κ3) is 5.44. The topological polar surface area (TPSA) is 32.8 Å². The minimum Gasteiger partial charge on any atom is -0.434 e. The molecule has 1 heterocycles. The largest absolute Gasteiger partial charge is 0.434 e. The summed E-state index contributed by atoms with van der Waals surface area (Å²) in [4.78, 5) is 16.2. The minimum atomic E-state index is -4.37. The first-order valence-electron chi connectivity index (χ1n) is 8.95. The van der Waals surface area contributed by atoms with Crippen LogP contribution in [0.2, 0.25) is 0 Å². The predicted octanol–water partition coefficient (Wildman–Crippen LogP) is 4.26. The molecule has 0 N–H and O–H groups in total. The molecule has 0 atom stereocenters. The van der Waals surface area contributed by atoms with Gasteiger partial charge in [-0.1, -0.05) is 24.3 Å². The Hall–Kier alpha value is -2.68. The molecule has 1 aliphatic rings. The van der Waals surface area contributed by atoms with Gasteiger partial charge >= 0.3 is 12.8 Å². The van der Waals surface area contributed by atoms with Crippen molar-refractivity contribution in [2.75, 3.05) is 26.2 Å². The number of carbonyl (C=O) groups is 1. The zero-order valence-electron chi connectivity index (χ0n) is 15.3. The molecule has 1 amide bonds. The molecule has 0 spiro atoms. The number of alkyl halides is 5. The van der Waals surface area contributed by atoms with E-state index in [1.807, 2.05) is 4.90 Å². The summed E-state index contributed by atoms with van der Waals surface area (Å²) in [5.41, 5.74) is 0.124. The van der Waals surface area contributed by atoms with Gasteiger partial charge in [0, 0.05) is 32.7 Å². The van der Waals surface area contributed by atoms with E-state index < -0.39 is 24.3 Å². The van der Waals surface area contributed by atoms with Crippen molar-refractivity contribution in [3.8, 4) is 5.75 Å². The Balaban J connectivity index is 1.57. The molecule has 29 heavy (non-hydrogen) atoms. The molecule has 0 saturated carbocycles. The Bertz CT molecular complexity index is 832. The van der Waals surface area contributed by atoms with Gasteiger partial charge < -0.3 is 9.64 Å². The van der Waals surface area contributed by atoms with Gasteiger partial charge in [0.25, 0.3) is 5.91 Å². The van der Waals surface area contributed by atoms with Gasteiger partial charge in [0.1, 0.15) is 5.75 Å². The Labute approximate surface area is 164 Å².